The molecule has 1 atom stereocenters. The van der Waals surface area contributed by atoms with Crippen LogP contribution in [0.1, 0.15) is 12.5 Å². The molecule has 0 aromatic heterocycles. The van der Waals surface area contributed by atoms with Crippen molar-refractivity contribution < 1.29 is 0 Å². The lowest BCUT2D eigenvalue weighted by Gasteiger charge is -2.35. The van der Waals surface area contributed by atoms with Gasteiger partial charge >= 0.3 is 0 Å². The van der Waals surface area contributed by atoms with Gasteiger partial charge in [0, 0.05) is 45.3 Å². The van der Waals surface area contributed by atoms with Crippen LogP contribution < -0.4 is 5.73 Å². The van der Waals surface area contributed by atoms with Crippen molar-refractivity contribution in [3.63, 3.8) is 0 Å². The van der Waals surface area contributed by atoms with Crippen LogP contribution in [-0.2, 0) is 6.54 Å². The van der Waals surface area contributed by atoms with E-state index in [4.69, 9.17) is 5.73 Å². The van der Waals surface area contributed by atoms with E-state index < -0.39 is 0 Å². The summed E-state index contributed by atoms with van der Waals surface area (Å²) in [5.74, 6) is 0. The number of piperazine rings is 1. The Morgan fingerprint density at radius 3 is 1.95 bits per heavy atom. The predicted octanol–water partition coefficient (Wildman–Crippen LogP) is 2.42. The number of benzene rings is 1. The summed E-state index contributed by atoms with van der Waals surface area (Å²) in [5, 5.41) is 0. The summed E-state index contributed by atoms with van der Waals surface area (Å²) < 4.78 is 0. The molecule has 0 bridgehead atoms. The molecule has 1 heterocycles. The third-order valence-corrected chi connectivity index (χ3v) is 3.26. The third kappa shape index (κ3) is 7.67. The molecule has 0 radical (unpaired) electrons. The molecule has 0 unspecified atom stereocenters. The maximum absolute atomic E-state index is 5.83. The Kier molecular flexibility index (Phi) is 12.9. The first-order valence-corrected chi connectivity index (χ1v) is 6.48. The van der Waals surface area contributed by atoms with E-state index in [2.05, 4.69) is 47.1 Å². The first-order valence-electron chi connectivity index (χ1n) is 6.48. The highest BCUT2D eigenvalue weighted by molar-refractivity contribution is 5.86. The molecule has 118 valence electrons. The van der Waals surface area contributed by atoms with Crippen LogP contribution in [0.4, 0.5) is 0 Å². The lowest BCUT2D eigenvalue weighted by atomic mass is 10.2. The number of hydrogen-bond donors (Lipinski definition) is 1. The molecule has 1 fully saturated rings. The van der Waals surface area contributed by atoms with E-state index in [1.807, 2.05) is 0 Å². The van der Waals surface area contributed by atoms with E-state index in [1.54, 1.807) is 0 Å². The summed E-state index contributed by atoms with van der Waals surface area (Å²) in [6, 6.07) is 11.0. The van der Waals surface area contributed by atoms with Crippen molar-refractivity contribution in [1.82, 2.24) is 9.80 Å². The van der Waals surface area contributed by atoms with Crippen molar-refractivity contribution in [2.75, 3.05) is 32.7 Å². The van der Waals surface area contributed by atoms with Gasteiger partial charge in [-0.05, 0) is 12.5 Å². The summed E-state index contributed by atoms with van der Waals surface area (Å²) in [6.07, 6.45) is 0. The van der Waals surface area contributed by atoms with E-state index in [9.17, 15) is 0 Å². The van der Waals surface area contributed by atoms with Gasteiger partial charge in [0.2, 0.25) is 0 Å². The average Bonchev–Trinajstić information content (AvgIpc) is 2.32. The lowest BCUT2D eigenvalue weighted by Crippen LogP contribution is -2.48. The Balaban J connectivity index is 0. The fourth-order valence-electron chi connectivity index (χ4n) is 2.38. The normalized spacial score (nSPS) is 17.3. The average molecular weight is 343 g/mol. The van der Waals surface area contributed by atoms with Crippen molar-refractivity contribution in [2.24, 2.45) is 5.73 Å². The molecule has 20 heavy (non-hydrogen) atoms. The highest BCUT2D eigenvalue weighted by atomic mass is 35.5. The van der Waals surface area contributed by atoms with Crippen LogP contribution in [0.2, 0.25) is 0 Å². The SMILES string of the molecule is C[C@@H](N)CN1CCN(Cc2ccccc2)CC1.Cl.Cl.Cl. The highest BCUT2D eigenvalue weighted by Crippen LogP contribution is 2.08. The van der Waals surface area contributed by atoms with Gasteiger partial charge in [-0.15, -0.1) is 37.2 Å². The number of rotatable bonds is 4. The summed E-state index contributed by atoms with van der Waals surface area (Å²) in [5.41, 5.74) is 7.24. The Hall–Kier alpha value is -0.0300. The van der Waals surface area contributed by atoms with Gasteiger partial charge in [-0.2, -0.15) is 0 Å². The fourth-order valence-corrected chi connectivity index (χ4v) is 2.38. The molecular weight excluding hydrogens is 317 g/mol. The smallest absolute Gasteiger partial charge is 0.0234 e. The van der Waals surface area contributed by atoms with Crippen molar-refractivity contribution in [3.05, 3.63) is 35.9 Å². The predicted molar refractivity (Wildman–Crippen MR) is 93.6 cm³/mol. The summed E-state index contributed by atoms with van der Waals surface area (Å²) in [6.45, 7) is 8.79. The van der Waals surface area contributed by atoms with Gasteiger partial charge in [-0.3, -0.25) is 9.80 Å². The minimum absolute atomic E-state index is 0. The van der Waals surface area contributed by atoms with Crippen LogP contribution in [0.25, 0.3) is 0 Å². The standard InChI is InChI=1S/C14H23N3.3ClH/c1-13(15)11-16-7-9-17(10-8-16)12-14-5-3-2-4-6-14;;;/h2-6,13H,7-12,15H2,1H3;3*1H/t13-;;;/m1.../s1. The topological polar surface area (TPSA) is 32.5 Å². The second-order valence-electron chi connectivity index (χ2n) is 5.04. The number of nitrogens with zero attached hydrogens (tertiary/aromatic N) is 2. The van der Waals surface area contributed by atoms with Crippen LogP contribution in [0.15, 0.2) is 30.3 Å². The van der Waals surface area contributed by atoms with E-state index >= 15 is 0 Å². The minimum Gasteiger partial charge on any atom is -0.327 e. The molecule has 1 aliphatic rings. The molecular formula is C14H26Cl3N3. The Labute approximate surface area is 141 Å². The molecule has 3 nitrogen and oxygen atoms in total. The third-order valence-electron chi connectivity index (χ3n) is 3.26. The molecule has 2 rings (SSSR count). The van der Waals surface area contributed by atoms with Crippen molar-refractivity contribution in [2.45, 2.75) is 19.5 Å². The highest BCUT2D eigenvalue weighted by Gasteiger charge is 2.17. The summed E-state index contributed by atoms with van der Waals surface area (Å²) >= 11 is 0. The van der Waals surface area contributed by atoms with Crippen LogP contribution >= 0.6 is 37.2 Å². The Bertz CT molecular complexity index is 328. The Morgan fingerprint density at radius 1 is 0.950 bits per heavy atom. The molecule has 0 amide bonds. The first kappa shape index (κ1) is 22.3. The number of nitrogens with two attached hydrogens (primary N) is 1. The van der Waals surface area contributed by atoms with E-state index in [1.165, 1.54) is 5.56 Å². The second kappa shape index (κ2) is 11.6. The first-order chi connectivity index (χ1) is 8.24. The molecule has 1 aliphatic heterocycles. The number of halogens is 3. The molecule has 1 aromatic carbocycles. The molecule has 1 aromatic rings. The van der Waals surface area contributed by atoms with Crippen LogP contribution in [0.3, 0.4) is 0 Å². The maximum Gasteiger partial charge on any atom is 0.0234 e. The molecule has 1 saturated heterocycles. The fraction of sp³-hybridized carbons (Fsp3) is 0.571. The summed E-state index contributed by atoms with van der Waals surface area (Å²) in [4.78, 5) is 4.99. The van der Waals surface area contributed by atoms with E-state index in [0.29, 0.717) is 0 Å². The quantitative estimate of drug-likeness (QED) is 0.912. The van der Waals surface area contributed by atoms with Crippen molar-refractivity contribution in [1.29, 1.82) is 0 Å². The van der Waals surface area contributed by atoms with Gasteiger partial charge in [0.1, 0.15) is 0 Å². The molecule has 0 aliphatic carbocycles. The Morgan fingerprint density at radius 2 is 1.45 bits per heavy atom. The largest absolute Gasteiger partial charge is 0.327 e. The van der Waals surface area contributed by atoms with Gasteiger partial charge in [-0.25, -0.2) is 0 Å². The van der Waals surface area contributed by atoms with Crippen LogP contribution in [-0.4, -0.2) is 48.6 Å². The molecule has 6 heteroatoms. The molecule has 0 spiro atoms. The monoisotopic (exact) mass is 341 g/mol. The van der Waals surface area contributed by atoms with Crippen LogP contribution in [0.5, 0.6) is 0 Å². The second-order valence-corrected chi connectivity index (χ2v) is 5.04. The summed E-state index contributed by atoms with van der Waals surface area (Å²) in [7, 11) is 0. The van der Waals surface area contributed by atoms with Crippen LogP contribution in [0, 0.1) is 0 Å². The molecule has 2 N–H and O–H groups in total. The van der Waals surface area contributed by atoms with Gasteiger partial charge in [-0.1, -0.05) is 30.3 Å². The van der Waals surface area contributed by atoms with E-state index in [0.717, 1.165) is 39.3 Å². The van der Waals surface area contributed by atoms with Gasteiger partial charge in [0.05, 0.1) is 0 Å². The van der Waals surface area contributed by atoms with E-state index in [-0.39, 0.29) is 43.3 Å². The molecule has 0 saturated carbocycles. The van der Waals surface area contributed by atoms with Gasteiger partial charge in [0.25, 0.3) is 0 Å². The maximum atomic E-state index is 5.83. The zero-order valence-electron chi connectivity index (χ0n) is 11.9. The van der Waals surface area contributed by atoms with Gasteiger partial charge in [0.15, 0.2) is 0 Å². The lowest BCUT2D eigenvalue weighted by molar-refractivity contribution is 0.123. The zero-order valence-corrected chi connectivity index (χ0v) is 14.4. The van der Waals surface area contributed by atoms with Crippen molar-refractivity contribution >= 4 is 37.2 Å². The van der Waals surface area contributed by atoms with Crippen molar-refractivity contribution in [3.8, 4) is 0 Å². The van der Waals surface area contributed by atoms with Gasteiger partial charge < -0.3 is 5.73 Å². The number of hydrogen-bond acceptors (Lipinski definition) is 3. The minimum atomic E-state index is 0. The zero-order chi connectivity index (χ0) is 12.1.